The van der Waals surface area contributed by atoms with Gasteiger partial charge in [0.05, 0.1) is 12.2 Å². The van der Waals surface area contributed by atoms with Crippen LogP contribution >= 0.6 is 12.2 Å². The van der Waals surface area contributed by atoms with Gasteiger partial charge in [-0.3, -0.25) is 4.79 Å². The molecule has 25 heavy (non-hydrogen) atoms. The van der Waals surface area contributed by atoms with Crippen LogP contribution in [0.2, 0.25) is 0 Å². The molecule has 0 unspecified atom stereocenters. The minimum Gasteiger partial charge on any atom is -0.477 e. The maximum absolute atomic E-state index is 12.0. The number of fused-ring (bicyclic) bond motifs is 1. The summed E-state index contributed by atoms with van der Waals surface area (Å²) in [6.45, 7) is 1.11. The molecule has 1 amide bonds. The summed E-state index contributed by atoms with van der Waals surface area (Å²) in [6, 6.07) is 17.9. The predicted octanol–water partition coefficient (Wildman–Crippen LogP) is 2.12. The summed E-state index contributed by atoms with van der Waals surface area (Å²) in [4.78, 5) is 13.9. The van der Waals surface area contributed by atoms with Gasteiger partial charge in [0, 0.05) is 13.6 Å². The van der Waals surface area contributed by atoms with Crippen LogP contribution in [0.5, 0.6) is 5.75 Å². The summed E-state index contributed by atoms with van der Waals surface area (Å²) < 4.78 is 5.80. The van der Waals surface area contributed by atoms with E-state index in [1.54, 1.807) is 7.05 Å². The number of rotatable bonds is 4. The van der Waals surface area contributed by atoms with E-state index >= 15 is 0 Å². The van der Waals surface area contributed by atoms with Crippen molar-refractivity contribution >= 4 is 28.9 Å². The number of nitrogens with zero attached hydrogens (tertiary/aromatic N) is 1. The molecule has 0 aromatic heterocycles. The van der Waals surface area contributed by atoms with Crippen LogP contribution < -0.4 is 20.3 Å². The topological polar surface area (TPSA) is 53.6 Å². The van der Waals surface area contributed by atoms with Crippen molar-refractivity contribution in [2.45, 2.75) is 12.5 Å². The summed E-state index contributed by atoms with van der Waals surface area (Å²) in [6.07, 6.45) is 0.292. The molecule has 130 valence electrons. The third-order valence-corrected chi connectivity index (χ3v) is 4.46. The summed E-state index contributed by atoms with van der Waals surface area (Å²) in [5.74, 6) is 0.501. The van der Waals surface area contributed by atoms with Gasteiger partial charge in [-0.15, -0.1) is 0 Å². The molecule has 5 nitrogen and oxygen atoms in total. The molecule has 2 aromatic rings. The van der Waals surface area contributed by atoms with Crippen LogP contribution in [-0.2, 0) is 11.2 Å². The van der Waals surface area contributed by atoms with Gasteiger partial charge in [0.25, 0.3) is 5.91 Å². The van der Waals surface area contributed by atoms with Crippen molar-refractivity contribution in [3.8, 4) is 5.75 Å². The molecule has 1 aliphatic heterocycles. The van der Waals surface area contributed by atoms with Gasteiger partial charge < -0.3 is 20.3 Å². The van der Waals surface area contributed by atoms with E-state index in [0.717, 1.165) is 18.7 Å². The molecular weight excluding hydrogens is 334 g/mol. The lowest BCUT2D eigenvalue weighted by atomic mass is 10.1. The smallest absolute Gasteiger partial charge is 0.262 e. The number of nitrogens with one attached hydrogen (secondary N) is 2. The number of amides is 1. The lowest BCUT2D eigenvalue weighted by Crippen LogP contribution is -2.52. The number of likely N-dealkylation sites (N-methyl/N-ethyl adjacent to an activating group) is 1. The summed E-state index contributed by atoms with van der Waals surface area (Å²) >= 11 is 5.57. The summed E-state index contributed by atoms with van der Waals surface area (Å²) in [7, 11) is 1.60. The molecule has 1 heterocycles. The Kier molecular flexibility index (Phi) is 5.50. The standard InChI is InChI=1S/C19H21N3O2S/c1-20-18(23)17-13-22(15-9-5-6-10-16(15)24-17)19(25)21-12-11-14-7-3-2-4-8-14/h2-10,17H,11-13H2,1H3,(H,20,23)(H,21,25)/t17-/m1/s1. The highest BCUT2D eigenvalue weighted by Crippen LogP contribution is 2.33. The van der Waals surface area contributed by atoms with Crippen molar-refractivity contribution in [1.29, 1.82) is 0 Å². The van der Waals surface area contributed by atoms with E-state index in [4.69, 9.17) is 17.0 Å². The molecule has 0 spiro atoms. The number of hydrogen-bond donors (Lipinski definition) is 2. The summed E-state index contributed by atoms with van der Waals surface area (Å²) in [5, 5.41) is 6.52. The highest BCUT2D eigenvalue weighted by molar-refractivity contribution is 7.80. The normalized spacial score (nSPS) is 15.7. The van der Waals surface area contributed by atoms with Gasteiger partial charge in [-0.05, 0) is 36.3 Å². The van der Waals surface area contributed by atoms with Crippen molar-refractivity contribution in [3.05, 3.63) is 60.2 Å². The molecule has 2 aromatic carbocycles. The van der Waals surface area contributed by atoms with Gasteiger partial charge in [0.15, 0.2) is 11.2 Å². The minimum atomic E-state index is -0.589. The Bertz CT molecular complexity index is 751. The second kappa shape index (κ2) is 7.98. The van der Waals surface area contributed by atoms with Gasteiger partial charge in [0.2, 0.25) is 0 Å². The zero-order valence-corrected chi connectivity index (χ0v) is 14.9. The Balaban J connectivity index is 1.68. The van der Waals surface area contributed by atoms with Gasteiger partial charge in [-0.1, -0.05) is 42.5 Å². The fourth-order valence-electron chi connectivity index (χ4n) is 2.78. The number of para-hydroxylation sites is 2. The first-order valence-corrected chi connectivity index (χ1v) is 8.66. The molecule has 0 aliphatic carbocycles. The quantitative estimate of drug-likeness (QED) is 0.823. The molecular formula is C19H21N3O2S. The number of carbonyl (C=O) groups is 1. The van der Waals surface area contributed by atoms with Crippen molar-refractivity contribution < 1.29 is 9.53 Å². The Morgan fingerprint density at radius 1 is 1.20 bits per heavy atom. The van der Waals surface area contributed by atoms with E-state index in [2.05, 4.69) is 22.8 Å². The molecule has 0 saturated heterocycles. The van der Waals surface area contributed by atoms with E-state index in [0.29, 0.717) is 17.4 Å². The molecule has 1 atom stereocenters. The van der Waals surface area contributed by atoms with Crippen LogP contribution in [0.15, 0.2) is 54.6 Å². The number of anilines is 1. The molecule has 6 heteroatoms. The van der Waals surface area contributed by atoms with Gasteiger partial charge in [-0.2, -0.15) is 0 Å². The van der Waals surface area contributed by atoms with E-state index in [1.807, 2.05) is 47.4 Å². The van der Waals surface area contributed by atoms with Crippen LogP contribution in [0.25, 0.3) is 0 Å². The van der Waals surface area contributed by atoms with Gasteiger partial charge in [-0.25, -0.2) is 0 Å². The maximum Gasteiger partial charge on any atom is 0.262 e. The zero-order valence-electron chi connectivity index (χ0n) is 14.1. The predicted molar refractivity (Wildman–Crippen MR) is 103 cm³/mol. The zero-order chi connectivity index (χ0) is 17.6. The fourth-order valence-corrected chi connectivity index (χ4v) is 3.05. The van der Waals surface area contributed by atoms with Crippen LogP contribution in [-0.4, -0.2) is 37.3 Å². The van der Waals surface area contributed by atoms with E-state index in [9.17, 15) is 4.79 Å². The lowest BCUT2D eigenvalue weighted by molar-refractivity contribution is -0.127. The third-order valence-electron chi connectivity index (χ3n) is 4.09. The first kappa shape index (κ1) is 17.2. The Morgan fingerprint density at radius 3 is 2.68 bits per heavy atom. The van der Waals surface area contributed by atoms with Crippen LogP contribution in [0.4, 0.5) is 5.69 Å². The van der Waals surface area contributed by atoms with E-state index in [1.165, 1.54) is 5.56 Å². The number of ether oxygens (including phenoxy) is 1. The third kappa shape index (κ3) is 4.09. The van der Waals surface area contributed by atoms with Gasteiger partial charge in [0.1, 0.15) is 5.75 Å². The van der Waals surface area contributed by atoms with Crippen LogP contribution in [0, 0.1) is 0 Å². The average molecular weight is 355 g/mol. The Morgan fingerprint density at radius 2 is 1.92 bits per heavy atom. The molecule has 0 radical (unpaired) electrons. The van der Waals surface area contributed by atoms with Crippen molar-refractivity contribution in [2.75, 3.05) is 25.0 Å². The lowest BCUT2D eigenvalue weighted by Gasteiger charge is -2.35. The molecule has 2 N–H and O–H groups in total. The monoisotopic (exact) mass is 355 g/mol. The van der Waals surface area contributed by atoms with E-state index < -0.39 is 6.10 Å². The van der Waals surface area contributed by atoms with Gasteiger partial charge >= 0.3 is 0 Å². The van der Waals surface area contributed by atoms with Crippen LogP contribution in [0.3, 0.4) is 0 Å². The number of thiocarbonyl (C=S) groups is 1. The minimum absolute atomic E-state index is 0.161. The van der Waals surface area contributed by atoms with Crippen LogP contribution in [0.1, 0.15) is 5.56 Å². The summed E-state index contributed by atoms with van der Waals surface area (Å²) in [5.41, 5.74) is 2.13. The number of carbonyl (C=O) groups excluding carboxylic acids is 1. The average Bonchev–Trinajstić information content (AvgIpc) is 2.67. The SMILES string of the molecule is CNC(=O)[C@H]1CN(C(=S)NCCc2ccccc2)c2ccccc2O1. The molecule has 0 bridgehead atoms. The number of benzene rings is 2. The Hall–Kier alpha value is -2.60. The first-order chi connectivity index (χ1) is 12.2. The maximum atomic E-state index is 12.0. The van der Waals surface area contributed by atoms with E-state index in [-0.39, 0.29) is 5.91 Å². The highest BCUT2D eigenvalue weighted by atomic mass is 32.1. The highest BCUT2D eigenvalue weighted by Gasteiger charge is 2.31. The molecule has 0 saturated carbocycles. The first-order valence-electron chi connectivity index (χ1n) is 8.25. The number of hydrogen-bond acceptors (Lipinski definition) is 3. The molecule has 3 rings (SSSR count). The van der Waals surface area contributed by atoms with Crippen molar-refractivity contribution in [2.24, 2.45) is 0 Å². The molecule has 1 aliphatic rings. The Labute approximate surface area is 153 Å². The largest absolute Gasteiger partial charge is 0.477 e. The van der Waals surface area contributed by atoms with Crippen molar-refractivity contribution in [3.63, 3.8) is 0 Å². The second-order valence-corrected chi connectivity index (χ2v) is 6.15. The second-order valence-electron chi connectivity index (χ2n) is 5.77. The molecule has 0 fully saturated rings. The fraction of sp³-hybridized carbons (Fsp3) is 0.263. The van der Waals surface area contributed by atoms with Crippen molar-refractivity contribution in [1.82, 2.24) is 10.6 Å².